The van der Waals surface area contributed by atoms with Gasteiger partial charge in [0.2, 0.25) is 0 Å². The predicted molar refractivity (Wildman–Crippen MR) is 133 cm³/mol. The normalized spacial score (nSPS) is 14.5. The van der Waals surface area contributed by atoms with Gasteiger partial charge in [-0.3, -0.25) is 24.6 Å². The van der Waals surface area contributed by atoms with E-state index in [1.54, 1.807) is 18.2 Å². The smallest absolute Gasteiger partial charge is 0.293 e. The van der Waals surface area contributed by atoms with Gasteiger partial charge in [-0.25, -0.2) is 0 Å². The van der Waals surface area contributed by atoms with Crippen LogP contribution in [0.3, 0.4) is 0 Å². The third-order valence-electron chi connectivity index (χ3n) is 5.17. The second kappa shape index (κ2) is 10.6. The monoisotopic (exact) mass is 510 g/mol. The first-order valence-corrected chi connectivity index (χ1v) is 11.6. The molecule has 3 aromatic rings. The number of rotatable bonds is 8. The lowest BCUT2D eigenvalue weighted by atomic mass is 10.1. The molecule has 1 heterocycles. The molecule has 1 saturated heterocycles. The van der Waals surface area contributed by atoms with Crippen LogP contribution in [0.5, 0.6) is 11.5 Å². The minimum absolute atomic E-state index is 0.155. The van der Waals surface area contributed by atoms with Crippen molar-refractivity contribution in [3.8, 4) is 11.5 Å². The van der Waals surface area contributed by atoms with Crippen molar-refractivity contribution in [1.82, 2.24) is 4.90 Å². The Balaban J connectivity index is 1.55. The number of thioether (sulfide) groups is 1. The number of ether oxygens (including phenoxy) is 2. The average Bonchev–Trinajstić information content (AvgIpc) is 3.11. The maximum absolute atomic E-state index is 12.9. The highest BCUT2D eigenvalue weighted by Crippen LogP contribution is 2.39. The molecule has 0 N–H and O–H groups in total. The zero-order valence-electron chi connectivity index (χ0n) is 18.5. The third-order valence-corrected chi connectivity index (χ3v) is 6.35. The lowest BCUT2D eigenvalue weighted by molar-refractivity contribution is -0.385. The molecule has 4 rings (SSSR count). The summed E-state index contributed by atoms with van der Waals surface area (Å²) >= 11 is 7.20. The van der Waals surface area contributed by atoms with Crippen LogP contribution in [0.1, 0.15) is 16.7 Å². The van der Waals surface area contributed by atoms with E-state index in [4.69, 9.17) is 21.1 Å². The summed E-state index contributed by atoms with van der Waals surface area (Å²) in [6.07, 6.45) is 1.53. The van der Waals surface area contributed by atoms with E-state index in [1.165, 1.54) is 31.4 Å². The van der Waals surface area contributed by atoms with Gasteiger partial charge >= 0.3 is 0 Å². The predicted octanol–water partition coefficient (Wildman–Crippen LogP) is 6.07. The fourth-order valence-corrected chi connectivity index (χ4v) is 4.59. The molecule has 0 radical (unpaired) electrons. The molecule has 3 aromatic carbocycles. The van der Waals surface area contributed by atoms with E-state index < -0.39 is 16.1 Å². The highest BCUT2D eigenvalue weighted by atomic mass is 35.5. The van der Waals surface area contributed by atoms with Crippen LogP contribution in [0.15, 0.2) is 71.6 Å². The van der Waals surface area contributed by atoms with E-state index in [-0.39, 0.29) is 27.7 Å². The molecule has 0 atom stereocenters. The Kier molecular flexibility index (Phi) is 7.38. The summed E-state index contributed by atoms with van der Waals surface area (Å²) < 4.78 is 11.3. The van der Waals surface area contributed by atoms with Gasteiger partial charge in [0, 0.05) is 11.6 Å². The molecule has 1 aliphatic rings. The first-order valence-electron chi connectivity index (χ1n) is 10.4. The highest BCUT2D eigenvalue weighted by Gasteiger charge is 2.36. The molecule has 35 heavy (non-hydrogen) atoms. The first-order chi connectivity index (χ1) is 16.9. The van der Waals surface area contributed by atoms with Crippen molar-refractivity contribution in [1.29, 1.82) is 0 Å². The number of amides is 2. The van der Waals surface area contributed by atoms with Crippen molar-refractivity contribution in [2.24, 2.45) is 0 Å². The number of carbonyl (C=O) groups is 2. The van der Waals surface area contributed by atoms with Crippen LogP contribution in [0.25, 0.3) is 6.08 Å². The minimum Gasteiger partial charge on any atom is -0.493 e. The van der Waals surface area contributed by atoms with Gasteiger partial charge in [0.1, 0.15) is 6.61 Å². The Morgan fingerprint density at radius 3 is 2.51 bits per heavy atom. The summed E-state index contributed by atoms with van der Waals surface area (Å²) in [5.41, 5.74) is 1.61. The van der Waals surface area contributed by atoms with E-state index in [0.29, 0.717) is 23.7 Å². The standard InChI is InChI=1S/C25H19ClN2O6S/c1-33-21-12-17(11-19(26)23(21)34-15-16-7-3-2-4-8-16)13-22-24(29)27(25(30)35-22)14-18-9-5-6-10-20(18)28(31)32/h2-13H,14-15H2,1H3/b22-13-. The third kappa shape index (κ3) is 5.47. The second-order valence-corrected chi connectivity index (χ2v) is 8.86. The van der Waals surface area contributed by atoms with Gasteiger partial charge in [0.15, 0.2) is 11.5 Å². The maximum atomic E-state index is 12.9. The molecule has 178 valence electrons. The van der Waals surface area contributed by atoms with Gasteiger partial charge in [-0.2, -0.15) is 0 Å². The van der Waals surface area contributed by atoms with Crippen molar-refractivity contribution in [3.05, 3.63) is 103 Å². The van der Waals surface area contributed by atoms with Gasteiger partial charge in [0.25, 0.3) is 16.8 Å². The van der Waals surface area contributed by atoms with Gasteiger partial charge in [-0.05, 0) is 41.1 Å². The number of nitro benzene ring substituents is 1. The molecule has 0 bridgehead atoms. The molecule has 0 spiro atoms. The number of hydrogen-bond acceptors (Lipinski definition) is 7. The Labute approximate surface area is 210 Å². The zero-order valence-corrected chi connectivity index (χ0v) is 20.0. The highest BCUT2D eigenvalue weighted by molar-refractivity contribution is 8.18. The number of nitrogens with zero attached hydrogens (tertiary/aromatic N) is 2. The van der Waals surface area contributed by atoms with Crippen LogP contribution in [-0.4, -0.2) is 28.1 Å². The Hall–Kier alpha value is -3.82. The minimum atomic E-state index is -0.544. The fraction of sp³-hybridized carbons (Fsp3) is 0.120. The summed E-state index contributed by atoms with van der Waals surface area (Å²) in [4.78, 5) is 37.3. The number of carbonyl (C=O) groups excluding carboxylic acids is 2. The van der Waals surface area contributed by atoms with Crippen molar-refractivity contribution in [3.63, 3.8) is 0 Å². The molecule has 0 unspecified atom stereocenters. The van der Waals surface area contributed by atoms with Crippen LogP contribution >= 0.6 is 23.4 Å². The number of halogens is 1. The summed E-state index contributed by atoms with van der Waals surface area (Å²) in [7, 11) is 1.48. The van der Waals surface area contributed by atoms with Crippen LogP contribution in [0.2, 0.25) is 5.02 Å². The molecular weight excluding hydrogens is 492 g/mol. The fourth-order valence-electron chi connectivity index (χ4n) is 3.47. The number of para-hydroxylation sites is 1. The van der Waals surface area contributed by atoms with E-state index in [0.717, 1.165) is 22.2 Å². The number of imide groups is 1. The quantitative estimate of drug-likeness (QED) is 0.206. The van der Waals surface area contributed by atoms with E-state index in [9.17, 15) is 19.7 Å². The number of benzene rings is 3. The Morgan fingerprint density at radius 2 is 1.80 bits per heavy atom. The lowest BCUT2D eigenvalue weighted by Crippen LogP contribution is -2.27. The van der Waals surface area contributed by atoms with Crippen LogP contribution in [0, 0.1) is 10.1 Å². The van der Waals surface area contributed by atoms with Gasteiger partial charge < -0.3 is 9.47 Å². The lowest BCUT2D eigenvalue weighted by Gasteiger charge is -2.14. The van der Waals surface area contributed by atoms with Gasteiger partial charge in [0.05, 0.1) is 28.5 Å². The first kappa shape index (κ1) is 24.3. The Morgan fingerprint density at radius 1 is 1.09 bits per heavy atom. The van der Waals surface area contributed by atoms with E-state index >= 15 is 0 Å². The molecule has 0 saturated carbocycles. The average molecular weight is 511 g/mol. The maximum Gasteiger partial charge on any atom is 0.293 e. The molecule has 1 fully saturated rings. The van der Waals surface area contributed by atoms with Crippen molar-refractivity contribution < 1.29 is 24.0 Å². The van der Waals surface area contributed by atoms with Crippen LogP contribution < -0.4 is 9.47 Å². The summed E-state index contributed by atoms with van der Waals surface area (Å²) in [5.74, 6) is 0.191. The largest absolute Gasteiger partial charge is 0.493 e. The summed E-state index contributed by atoms with van der Waals surface area (Å²) in [6.45, 7) is 0.0935. The van der Waals surface area contributed by atoms with Crippen LogP contribution in [-0.2, 0) is 17.9 Å². The topological polar surface area (TPSA) is 99.0 Å². The Bertz CT molecular complexity index is 1330. The number of hydrogen-bond donors (Lipinski definition) is 0. The molecule has 1 aliphatic heterocycles. The zero-order chi connectivity index (χ0) is 24.9. The molecule has 10 heteroatoms. The summed E-state index contributed by atoms with van der Waals surface area (Å²) in [5, 5.41) is 11.0. The molecule has 2 amide bonds. The second-order valence-electron chi connectivity index (χ2n) is 7.46. The number of methoxy groups -OCH3 is 1. The van der Waals surface area contributed by atoms with Crippen molar-refractivity contribution in [2.75, 3.05) is 7.11 Å². The van der Waals surface area contributed by atoms with E-state index in [2.05, 4.69) is 0 Å². The molecule has 8 nitrogen and oxygen atoms in total. The SMILES string of the molecule is COc1cc(/C=C2\SC(=O)N(Cc3ccccc3[N+](=O)[O-])C2=O)cc(Cl)c1OCc1ccccc1. The van der Waals surface area contributed by atoms with E-state index in [1.807, 2.05) is 30.3 Å². The van der Waals surface area contributed by atoms with Crippen LogP contribution in [0.4, 0.5) is 10.5 Å². The van der Waals surface area contributed by atoms with Crippen molar-refractivity contribution >= 4 is 46.3 Å². The van der Waals surface area contributed by atoms with Crippen molar-refractivity contribution in [2.45, 2.75) is 13.2 Å². The molecule has 0 aromatic heterocycles. The van der Waals surface area contributed by atoms with Gasteiger partial charge in [-0.15, -0.1) is 0 Å². The molecule has 0 aliphatic carbocycles. The van der Waals surface area contributed by atoms with Gasteiger partial charge in [-0.1, -0.05) is 60.1 Å². The molecular formula is C25H19ClN2O6S. The summed E-state index contributed by atoms with van der Waals surface area (Å²) in [6, 6.07) is 18.8. The number of nitro groups is 1.